The van der Waals surface area contributed by atoms with Gasteiger partial charge < -0.3 is 14.6 Å². The van der Waals surface area contributed by atoms with Crippen molar-refractivity contribution in [1.29, 1.82) is 0 Å². The van der Waals surface area contributed by atoms with Crippen molar-refractivity contribution in [2.45, 2.75) is 13.3 Å². The van der Waals surface area contributed by atoms with Crippen LogP contribution in [-0.2, 0) is 23.9 Å². The Morgan fingerprint density at radius 1 is 1.16 bits per heavy atom. The second kappa shape index (κ2) is 8.91. The second-order valence-corrected chi connectivity index (χ2v) is 3.83. The first kappa shape index (κ1) is 16.9. The summed E-state index contributed by atoms with van der Waals surface area (Å²) in [7, 11) is 0. The Morgan fingerprint density at radius 2 is 1.68 bits per heavy atom. The van der Waals surface area contributed by atoms with Crippen LogP contribution in [0.2, 0.25) is 0 Å². The van der Waals surface area contributed by atoms with Crippen LogP contribution in [-0.4, -0.2) is 36.2 Å². The van der Waals surface area contributed by atoms with Gasteiger partial charge in [0.15, 0.2) is 0 Å². The van der Waals surface area contributed by atoms with E-state index in [-0.39, 0.29) is 13.2 Å². The smallest absolute Gasteiger partial charge is 0.309 e. The van der Waals surface area contributed by atoms with Gasteiger partial charge in [-0.3, -0.25) is 14.4 Å². The maximum absolute atomic E-state index is 11.5. The lowest BCUT2D eigenvalue weighted by Gasteiger charge is -2.17. The topological polar surface area (TPSA) is 89.9 Å². The van der Waals surface area contributed by atoms with Gasteiger partial charge in [0.1, 0.15) is 13.2 Å². The first-order valence-electron chi connectivity index (χ1n) is 5.70. The molecule has 0 rings (SSSR count). The molecule has 0 saturated carbocycles. The van der Waals surface area contributed by atoms with Gasteiger partial charge in [0.25, 0.3) is 0 Å². The molecule has 0 aliphatic heterocycles. The van der Waals surface area contributed by atoms with Crippen LogP contribution in [0.5, 0.6) is 0 Å². The molecule has 6 heteroatoms. The lowest BCUT2D eigenvalue weighted by Crippen LogP contribution is -2.31. The highest BCUT2D eigenvalue weighted by Crippen LogP contribution is 2.18. The predicted octanol–water partition coefficient (Wildman–Crippen LogP) is 1.17. The van der Waals surface area contributed by atoms with Crippen molar-refractivity contribution in [3.05, 3.63) is 25.3 Å². The predicted molar refractivity (Wildman–Crippen MR) is 67.2 cm³/mol. The van der Waals surface area contributed by atoms with Crippen molar-refractivity contribution >= 4 is 17.9 Å². The number of carboxylic acids is 1. The van der Waals surface area contributed by atoms with E-state index in [1.807, 2.05) is 0 Å². The van der Waals surface area contributed by atoms with Crippen LogP contribution in [0.15, 0.2) is 25.3 Å². The average Bonchev–Trinajstić information content (AvgIpc) is 2.38. The molecule has 1 N–H and O–H groups in total. The molecule has 0 amide bonds. The van der Waals surface area contributed by atoms with E-state index in [1.165, 1.54) is 19.1 Å². The third kappa shape index (κ3) is 6.40. The Balaban J connectivity index is 4.58. The molecule has 0 heterocycles. The number of carbonyl (C=O) groups excluding carboxylic acids is 2. The standard InChI is InChI=1S/C13H18O6/c1-4-6-18-11(14)8-10(12(15)16)9(3)13(17)19-7-5-2/h4-5,9-10H,1-2,6-8H2,3H3,(H,15,16). The number of carboxylic acid groups (broad SMARTS) is 1. The van der Waals surface area contributed by atoms with E-state index in [2.05, 4.69) is 13.2 Å². The Kier molecular flexibility index (Phi) is 7.92. The first-order valence-corrected chi connectivity index (χ1v) is 5.70. The van der Waals surface area contributed by atoms with Gasteiger partial charge in [-0.2, -0.15) is 0 Å². The summed E-state index contributed by atoms with van der Waals surface area (Å²) in [4.78, 5) is 34.0. The van der Waals surface area contributed by atoms with Gasteiger partial charge in [-0.15, -0.1) is 0 Å². The van der Waals surface area contributed by atoms with E-state index in [0.717, 1.165) is 0 Å². The van der Waals surface area contributed by atoms with Crippen LogP contribution in [0.1, 0.15) is 13.3 Å². The molecule has 0 spiro atoms. The van der Waals surface area contributed by atoms with Crippen molar-refractivity contribution in [2.75, 3.05) is 13.2 Å². The third-order valence-corrected chi connectivity index (χ3v) is 2.38. The van der Waals surface area contributed by atoms with Crippen molar-refractivity contribution in [3.8, 4) is 0 Å². The summed E-state index contributed by atoms with van der Waals surface area (Å²) in [6.07, 6.45) is 2.35. The minimum Gasteiger partial charge on any atom is -0.481 e. The highest BCUT2D eigenvalue weighted by atomic mass is 16.5. The van der Waals surface area contributed by atoms with E-state index in [4.69, 9.17) is 14.6 Å². The van der Waals surface area contributed by atoms with Gasteiger partial charge in [-0.05, 0) is 0 Å². The zero-order valence-electron chi connectivity index (χ0n) is 10.8. The summed E-state index contributed by atoms with van der Waals surface area (Å²) in [6, 6.07) is 0. The van der Waals surface area contributed by atoms with E-state index in [0.29, 0.717) is 0 Å². The number of carbonyl (C=O) groups is 3. The Morgan fingerprint density at radius 3 is 2.16 bits per heavy atom. The summed E-state index contributed by atoms with van der Waals surface area (Å²) < 4.78 is 9.45. The number of esters is 2. The Bertz CT molecular complexity index is 360. The molecule has 6 nitrogen and oxygen atoms in total. The molecule has 0 aromatic rings. The SMILES string of the molecule is C=CCOC(=O)CC(C(=O)O)C(C)C(=O)OCC=C. The van der Waals surface area contributed by atoms with Gasteiger partial charge in [-0.1, -0.05) is 32.2 Å². The minimum absolute atomic E-state index is 0.000460. The molecule has 0 bridgehead atoms. The summed E-state index contributed by atoms with van der Waals surface area (Å²) in [5, 5.41) is 9.04. The molecule has 0 aliphatic carbocycles. The van der Waals surface area contributed by atoms with Gasteiger partial charge >= 0.3 is 17.9 Å². The molecule has 0 aromatic carbocycles. The highest BCUT2D eigenvalue weighted by Gasteiger charge is 2.33. The number of aliphatic carboxylic acids is 1. The third-order valence-electron chi connectivity index (χ3n) is 2.38. The molecule has 0 aromatic heterocycles. The summed E-state index contributed by atoms with van der Waals surface area (Å²) >= 11 is 0. The summed E-state index contributed by atoms with van der Waals surface area (Å²) in [5.41, 5.74) is 0. The van der Waals surface area contributed by atoms with E-state index >= 15 is 0 Å². The largest absolute Gasteiger partial charge is 0.481 e. The van der Waals surface area contributed by atoms with Crippen LogP contribution in [0.3, 0.4) is 0 Å². The number of hydrogen-bond acceptors (Lipinski definition) is 5. The van der Waals surface area contributed by atoms with Crippen molar-refractivity contribution < 1.29 is 29.0 Å². The van der Waals surface area contributed by atoms with Crippen LogP contribution in [0.25, 0.3) is 0 Å². The lowest BCUT2D eigenvalue weighted by molar-refractivity contribution is -0.159. The zero-order valence-corrected chi connectivity index (χ0v) is 10.8. The van der Waals surface area contributed by atoms with Crippen molar-refractivity contribution in [2.24, 2.45) is 11.8 Å². The molecule has 106 valence electrons. The summed E-state index contributed by atoms with van der Waals surface area (Å²) in [6.45, 7) is 8.13. The molecule has 0 aliphatic rings. The molecule has 2 unspecified atom stereocenters. The number of rotatable bonds is 9. The van der Waals surface area contributed by atoms with Gasteiger partial charge in [0, 0.05) is 0 Å². The highest BCUT2D eigenvalue weighted by molar-refractivity contribution is 5.84. The molecular formula is C13H18O6. The monoisotopic (exact) mass is 270 g/mol. The zero-order chi connectivity index (χ0) is 14.8. The maximum Gasteiger partial charge on any atom is 0.309 e. The van der Waals surface area contributed by atoms with Gasteiger partial charge in [-0.25, -0.2) is 0 Å². The van der Waals surface area contributed by atoms with E-state index in [9.17, 15) is 14.4 Å². The van der Waals surface area contributed by atoms with Crippen molar-refractivity contribution in [1.82, 2.24) is 0 Å². The summed E-state index contributed by atoms with van der Waals surface area (Å²) in [5.74, 6) is -4.78. The molecule has 0 radical (unpaired) electrons. The molecular weight excluding hydrogens is 252 g/mol. The molecule has 19 heavy (non-hydrogen) atoms. The van der Waals surface area contributed by atoms with Crippen LogP contribution in [0.4, 0.5) is 0 Å². The molecule has 0 fully saturated rings. The second-order valence-electron chi connectivity index (χ2n) is 3.83. The number of hydrogen-bond donors (Lipinski definition) is 1. The lowest BCUT2D eigenvalue weighted by atomic mass is 9.91. The van der Waals surface area contributed by atoms with Gasteiger partial charge in [0.05, 0.1) is 18.3 Å². The Hall–Kier alpha value is -2.11. The number of ether oxygens (including phenoxy) is 2. The fourth-order valence-electron chi connectivity index (χ4n) is 1.31. The molecule has 0 saturated heterocycles. The van der Waals surface area contributed by atoms with Crippen LogP contribution in [0, 0.1) is 11.8 Å². The fourth-order valence-corrected chi connectivity index (χ4v) is 1.31. The average molecular weight is 270 g/mol. The minimum atomic E-state index is -1.25. The maximum atomic E-state index is 11.5. The molecule has 2 atom stereocenters. The fraction of sp³-hybridized carbons (Fsp3) is 0.462. The normalized spacial score (nSPS) is 12.9. The van der Waals surface area contributed by atoms with Crippen LogP contribution >= 0.6 is 0 Å². The Labute approximate surface area is 111 Å². The van der Waals surface area contributed by atoms with E-state index < -0.39 is 36.2 Å². The van der Waals surface area contributed by atoms with Gasteiger partial charge in [0.2, 0.25) is 0 Å². The quantitative estimate of drug-likeness (QED) is 0.499. The van der Waals surface area contributed by atoms with Crippen molar-refractivity contribution in [3.63, 3.8) is 0 Å². The van der Waals surface area contributed by atoms with Crippen LogP contribution < -0.4 is 0 Å². The van der Waals surface area contributed by atoms with E-state index in [1.54, 1.807) is 0 Å². The first-order chi connectivity index (χ1) is 8.93.